The van der Waals surface area contributed by atoms with Crippen molar-refractivity contribution in [2.75, 3.05) is 31.1 Å². The first-order valence-corrected chi connectivity index (χ1v) is 6.56. The van der Waals surface area contributed by atoms with Gasteiger partial charge in [-0.05, 0) is 12.1 Å². The summed E-state index contributed by atoms with van der Waals surface area (Å²) in [5.41, 5.74) is 0. The highest BCUT2D eigenvalue weighted by Gasteiger charge is 2.15. The third-order valence-electron chi connectivity index (χ3n) is 2.43. The van der Waals surface area contributed by atoms with Gasteiger partial charge < -0.3 is 4.74 Å². The molecule has 0 atom stereocenters. The van der Waals surface area contributed by atoms with Gasteiger partial charge in [0, 0.05) is 24.6 Å². The van der Waals surface area contributed by atoms with E-state index in [4.69, 9.17) is 4.74 Å². The molecule has 0 radical (unpaired) electrons. The topological polar surface area (TPSA) is 29.5 Å². The van der Waals surface area contributed by atoms with Crippen molar-refractivity contribution in [1.29, 1.82) is 0 Å². The van der Waals surface area contributed by atoms with Crippen molar-refractivity contribution < 1.29 is 9.53 Å². The van der Waals surface area contributed by atoms with Crippen LogP contribution in [0.15, 0.2) is 30.3 Å². The Bertz CT molecular complexity index is 336. The average molecular weight is 237 g/mol. The fourth-order valence-corrected chi connectivity index (χ4v) is 2.57. The number of thioether (sulfide) groups is 1. The lowest BCUT2D eigenvalue weighted by Gasteiger charge is -2.24. The predicted molar refractivity (Wildman–Crippen MR) is 65.8 cm³/mol. The third kappa shape index (κ3) is 3.54. The summed E-state index contributed by atoms with van der Waals surface area (Å²) in [7, 11) is 0. The zero-order valence-corrected chi connectivity index (χ0v) is 9.91. The van der Waals surface area contributed by atoms with Gasteiger partial charge in [-0.15, -0.1) is 0 Å². The van der Waals surface area contributed by atoms with Gasteiger partial charge in [0.1, 0.15) is 5.75 Å². The average Bonchev–Trinajstić information content (AvgIpc) is 2.31. The van der Waals surface area contributed by atoms with Gasteiger partial charge in [0.25, 0.3) is 0 Å². The second kappa shape index (κ2) is 5.92. The summed E-state index contributed by atoms with van der Waals surface area (Å²) in [6.07, 6.45) is 0. The molecule has 0 amide bonds. The number of rotatable bonds is 3. The molecule has 0 aromatic heterocycles. The second-order valence-corrected chi connectivity index (χ2v) is 4.90. The fourth-order valence-electron chi connectivity index (χ4n) is 1.59. The van der Waals surface area contributed by atoms with Crippen molar-refractivity contribution in [2.24, 2.45) is 0 Å². The Labute approximate surface area is 99.8 Å². The number of carbonyl (C=O) groups is 1. The van der Waals surface area contributed by atoms with E-state index in [1.807, 2.05) is 30.0 Å². The summed E-state index contributed by atoms with van der Waals surface area (Å²) in [6, 6.07) is 9.22. The molecule has 1 aromatic carbocycles. The van der Waals surface area contributed by atoms with Gasteiger partial charge in [-0.2, -0.15) is 11.8 Å². The molecule has 0 spiro atoms. The first kappa shape index (κ1) is 11.5. The molecule has 86 valence electrons. The van der Waals surface area contributed by atoms with Gasteiger partial charge in [0.05, 0.1) is 6.54 Å². The monoisotopic (exact) mass is 237 g/mol. The lowest BCUT2D eigenvalue weighted by Crippen LogP contribution is -2.38. The van der Waals surface area contributed by atoms with Crippen LogP contribution in [-0.4, -0.2) is 42.0 Å². The van der Waals surface area contributed by atoms with E-state index in [0.717, 1.165) is 24.6 Å². The molecular weight excluding hydrogens is 222 g/mol. The van der Waals surface area contributed by atoms with E-state index >= 15 is 0 Å². The fraction of sp³-hybridized carbons (Fsp3) is 0.417. The Hall–Kier alpha value is -1.00. The number of benzene rings is 1. The van der Waals surface area contributed by atoms with Crippen molar-refractivity contribution in [3.8, 4) is 5.75 Å². The number of ether oxygens (including phenoxy) is 1. The number of esters is 1. The van der Waals surface area contributed by atoms with E-state index < -0.39 is 0 Å². The van der Waals surface area contributed by atoms with E-state index in [9.17, 15) is 4.79 Å². The molecule has 1 saturated heterocycles. The van der Waals surface area contributed by atoms with E-state index in [-0.39, 0.29) is 5.97 Å². The smallest absolute Gasteiger partial charge is 0.325 e. The lowest BCUT2D eigenvalue weighted by atomic mass is 10.3. The summed E-state index contributed by atoms with van der Waals surface area (Å²) in [5, 5.41) is 0. The minimum absolute atomic E-state index is 0.168. The highest BCUT2D eigenvalue weighted by molar-refractivity contribution is 7.99. The van der Waals surface area contributed by atoms with Crippen molar-refractivity contribution in [2.45, 2.75) is 0 Å². The van der Waals surface area contributed by atoms with Crippen molar-refractivity contribution in [1.82, 2.24) is 4.90 Å². The molecule has 4 heteroatoms. The molecule has 1 heterocycles. The minimum atomic E-state index is -0.168. The van der Waals surface area contributed by atoms with Crippen LogP contribution in [0.5, 0.6) is 5.75 Å². The summed E-state index contributed by atoms with van der Waals surface area (Å²) >= 11 is 1.94. The van der Waals surface area contributed by atoms with Crippen molar-refractivity contribution in [3.05, 3.63) is 30.3 Å². The largest absolute Gasteiger partial charge is 0.426 e. The molecule has 0 unspecified atom stereocenters. The first-order chi connectivity index (χ1) is 7.84. The van der Waals surface area contributed by atoms with Crippen LogP contribution >= 0.6 is 11.8 Å². The summed E-state index contributed by atoms with van der Waals surface area (Å²) < 4.78 is 5.23. The number of carbonyl (C=O) groups excluding carboxylic acids is 1. The van der Waals surface area contributed by atoms with Crippen LogP contribution in [0.3, 0.4) is 0 Å². The normalized spacial score (nSPS) is 17.0. The van der Waals surface area contributed by atoms with Gasteiger partial charge in [0.2, 0.25) is 0 Å². The Balaban J connectivity index is 1.80. The molecule has 1 fully saturated rings. The van der Waals surface area contributed by atoms with Crippen LogP contribution in [0.25, 0.3) is 0 Å². The van der Waals surface area contributed by atoms with E-state index in [2.05, 4.69) is 4.90 Å². The Morgan fingerprint density at radius 3 is 2.62 bits per heavy atom. The molecule has 0 saturated carbocycles. The molecule has 1 aromatic rings. The lowest BCUT2D eigenvalue weighted by molar-refractivity contribution is -0.135. The minimum Gasteiger partial charge on any atom is -0.426 e. The highest BCUT2D eigenvalue weighted by Crippen LogP contribution is 2.11. The van der Waals surface area contributed by atoms with Crippen LogP contribution < -0.4 is 4.74 Å². The van der Waals surface area contributed by atoms with Crippen LogP contribution in [0, 0.1) is 0 Å². The van der Waals surface area contributed by atoms with Crippen LogP contribution in [0.1, 0.15) is 0 Å². The van der Waals surface area contributed by atoms with Crippen LogP contribution in [0.2, 0.25) is 0 Å². The summed E-state index contributed by atoms with van der Waals surface area (Å²) in [5.74, 6) is 2.68. The molecule has 1 aliphatic heterocycles. The summed E-state index contributed by atoms with van der Waals surface area (Å²) in [4.78, 5) is 13.8. The van der Waals surface area contributed by atoms with E-state index in [1.54, 1.807) is 12.1 Å². The Kier molecular flexibility index (Phi) is 4.25. The maximum atomic E-state index is 11.6. The number of hydrogen-bond acceptors (Lipinski definition) is 4. The maximum Gasteiger partial charge on any atom is 0.325 e. The number of hydrogen-bond donors (Lipinski definition) is 0. The molecule has 3 nitrogen and oxygen atoms in total. The number of nitrogens with zero attached hydrogens (tertiary/aromatic N) is 1. The standard InChI is InChI=1S/C12H15NO2S/c14-12(10-13-6-8-16-9-7-13)15-11-4-2-1-3-5-11/h1-5H,6-10H2. The number of para-hydroxylation sites is 1. The maximum absolute atomic E-state index is 11.6. The SMILES string of the molecule is O=C(CN1CCSCC1)Oc1ccccc1. The molecule has 0 N–H and O–H groups in total. The third-order valence-corrected chi connectivity index (χ3v) is 3.37. The predicted octanol–water partition coefficient (Wildman–Crippen LogP) is 1.64. The quantitative estimate of drug-likeness (QED) is 0.590. The molecule has 16 heavy (non-hydrogen) atoms. The Morgan fingerprint density at radius 1 is 1.25 bits per heavy atom. The van der Waals surface area contributed by atoms with Crippen molar-refractivity contribution in [3.63, 3.8) is 0 Å². The van der Waals surface area contributed by atoms with Gasteiger partial charge >= 0.3 is 5.97 Å². The van der Waals surface area contributed by atoms with E-state index in [1.165, 1.54) is 0 Å². The van der Waals surface area contributed by atoms with E-state index in [0.29, 0.717) is 12.3 Å². The highest BCUT2D eigenvalue weighted by atomic mass is 32.2. The molecule has 2 rings (SSSR count). The van der Waals surface area contributed by atoms with Gasteiger partial charge in [-0.3, -0.25) is 9.69 Å². The Morgan fingerprint density at radius 2 is 1.94 bits per heavy atom. The second-order valence-electron chi connectivity index (χ2n) is 3.68. The molecular formula is C12H15NO2S. The molecule has 0 aliphatic carbocycles. The first-order valence-electron chi connectivity index (χ1n) is 5.40. The molecule has 1 aliphatic rings. The zero-order valence-electron chi connectivity index (χ0n) is 9.09. The van der Waals surface area contributed by atoms with Gasteiger partial charge in [0.15, 0.2) is 0 Å². The van der Waals surface area contributed by atoms with Crippen LogP contribution in [0.4, 0.5) is 0 Å². The van der Waals surface area contributed by atoms with Crippen molar-refractivity contribution >= 4 is 17.7 Å². The zero-order chi connectivity index (χ0) is 11.2. The van der Waals surface area contributed by atoms with Gasteiger partial charge in [-0.25, -0.2) is 0 Å². The van der Waals surface area contributed by atoms with Gasteiger partial charge in [-0.1, -0.05) is 18.2 Å². The molecule has 0 bridgehead atoms. The summed E-state index contributed by atoms with van der Waals surface area (Å²) in [6.45, 7) is 2.36. The van der Waals surface area contributed by atoms with Crippen LogP contribution in [-0.2, 0) is 4.79 Å².